The molecule has 14 heteroatoms. The SMILES string of the molecule is O=C(O)C(F)(F)F.O=C(O)c1cc(NS(=O)(=O)c2cc(F)ccc2F)ccc1N1CCCCCCC1. The van der Waals surface area contributed by atoms with Crippen molar-refractivity contribution in [3.05, 3.63) is 53.6 Å². The van der Waals surface area contributed by atoms with Gasteiger partial charge < -0.3 is 15.1 Å². The number of carboxylic acid groups (broad SMARTS) is 2. The molecular weight excluding hydrogens is 515 g/mol. The minimum Gasteiger partial charge on any atom is -0.478 e. The zero-order chi connectivity index (χ0) is 27.1. The summed E-state index contributed by atoms with van der Waals surface area (Å²) in [6, 6.07) is 6.28. The number of alkyl halides is 3. The lowest BCUT2D eigenvalue weighted by molar-refractivity contribution is -0.192. The second kappa shape index (κ2) is 12.0. The van der Waals surface area contributed by atoms with Gasteiger partial charge in [-0.05, 0) is 49.2 Å². The van der Waals surface area contributed by atoms with Crippen LogP contribution in [0.25, 0.3) is 0 Å². The van der Waals surface area contributed by atoms with E-state index in [-0.39, 0.29) is 11.3 Å². The van der Waals surface area contributed by atoms with Crippen LogP contribution in [-0.4, -0.2) is 49.8 Å². The van der Waals surface area contributed by atoms with E-state index in [1.54, 1.807) is 6.07 Å². The number of benzene rings is 2. The monoisotopic (exact) mass is 538 g/mol. The zero-order valence-corrected chi connectivity index (χ0v) is 19.5. The Balaban J connectivity index is 0.000000572. The van der Waals surface area contributed by atoms with E-state index in [1.165, 1.54) is 12.1 Å². The van der Waals surface area contributed by atoms with Crippen LogP contribution in [0.3, 0.4) is 0 Å². The van der Waals surface area contributed by atoms with Crippen LogP contribution in [0.2, 0.25) is 0 Å². The standard InChI is InChI=1S/C20H22F2N2O4S.C2HF3O2/c21-14-6-8-17(22)19(12-14)29(27,28)23-15-7-9-18(16(13-15)20(25)26)24-10-4-2-1-3-5-11-24;3-2(4,5)1(6)7/h6-9,12-13,23H,1-5,10-11H2,(H,25,26);(H,6,7). The number of anilines is 2. The van der Waals surface area contributed by atoms with Gasteiger partial charge in [0.2, 0.25) is 0 Å². The summed E-state index contributed by atoms with van der Waals surface area (Å²) in [6.07, 6.45) is 0.140. The molecule has 3 N–H and O–H groups in total. The van der Waals surface area contributed by atoms with E-state index in [4.69, 9.17) is 9.90 Å². The Morgan fingerprint density at radius 1 is 0.889 bits per heavy atom. The lowest BCUT2D eigenvalue weighted by Gasteiger charge is -2.28. The van der Waals surface area contributed by atoms with Gasteiger partial charge in [-0.1, -0.05) is 19.3 Å². The Bertz CT molecular complexity index is 1200. The molecule has 1 aliphatic heterocycles. The molecule has 3 rings (SSSR count). The number of carbonyl (C=O) groups is 2. The van der Waals surface area contributed by atoms with Crippen LogP contribution in [0.4, 0.5) is 33.3 Å². The fourth-order valence-electron chi connectivity index (χ4n) is 3.43. The number of sulfonamides is 1. The number of carboxylic acids is 2. The Morgan fingerprint density at radius 3 is 1.97 bits per heavy atom. The predicted molar refractivity (Wildman–Crippen MR) is 120 cm³/mol. The molecule has 0 aromatic heterocycles. The third-order valence-electron chi connectivity index (χ3n) is 5.10. The zero-order valence-electron chi connectivity index (χ0n) is 18.7. The van der Waals surface area contributed by atoms with Crippen LogP contribution >= 0.6 is 0 Å². The summed E-state index contributed by atoms with van der Waals surface area (Å²) in [5.41, 5.74) is 0.423. The molecule has 2 aromatic carbocycles. The van der Waals surface area contributed by atoms with Gasteiger partial charge in [0.15, 0.2) is 0 Å². The summed E-state index contributed by atoms with van der Waals surface area (Å²) in [5, 5.41) is 16.8. The minimum absolute atomic E-state index is 0.0399. The van der Waals surface area contributed by atoms with Crippen LogP contribution in [0.5, 0.6) is 0 Å². The molecule has 0 aliphatic carbocycles. The molecule has 36 heavy (non-hydrogen) atoms. The first-order valence-corrected chi connectivity index (χ1v) is 12.1. The van der Waals surface area contributed by atoms with Crippen LogP contribution in [0.15, 0.2) is 41.3 Å². The number of hydrogen-bond acceptors (Lipinski definition) is 5. The van der Waals surface area contributed by atoms with Crippen LogP contribution in [0, 0.1) is 11.6 Å². The van der Waals surface area contributed by atoms with Gasteiger partial charge in [0.05, 0.1) is 11.3 Å². The highest BCUT2D eigenvalue weighted by molar-refractivity contribution is 7.92. The van der Waals surface area contributed by atoms with Crippen molar-refractivity contribution in [2.45, 2.75) is 43.2 Å². The van der Waals surface area contributed by atoms with Crippen molar-refractivity contribution in [1.82, 2.24) is 0 Å². The molecule has 8 nitrogen and oxygen atoms in total. The highest BCUT2D eigenvalue weighted by Gasteiger charge is 2.38. The first-order chi connectivity index (χ1) is 16.7. The Labute approximate surface area is 203 Å². The number of nitrogens with one attached hydrogen (secondary N) is 1. The molecule has 0 radical (unpaired) electrons. The van der Waals surface area contributed by atoms with E-state index in [2.05, 4.69) is 4.72 Å². The van der Waals surface area contributed by atoms with Crippen LogP contribution < -0.4 is 9.62 Å². The summed E-state index contributed by atoms with van der Waals surface area (Å²) in [6.45, 7) is 1.44. The van der Waals surface area contributed by atoms with Gasteiger partial charge in [0, 0.05) is 18.8 Å². The molecule has 0 unspecified atom stereocenters. The maximum Gasteiger partial charge on any atom is 0.490 e. The highest BCUT2D eigenvalue weighted by atomic mass is 32.2. The summed E-state index contributed by atoms with van der Waals surface area (Å²) in [5.74, 6) is -5.95. The molecule has 1 fully saturated rings. The number of aromatic carboxylic acids is 1. The topological polar surface area (TPSA) is 124 Å². The minimum atomic E-state index is -5.08. The fraction of sp³-hybridized carbons (Fsp3) is 0.364. The van der Waals surface area contributed by atoms with E-state index < -0.39 is 44.7 Å². The molecule has 2 aromatic rings. The largest absolute Gasteiger partial charge is 0.490 e. The van der Waals surface area contributed by atoms with E-state index in [0.717, 1.165) is 57.3 Å². The van der Waals surface area contributed by atoms with Crippen molar-refractivity contribution >= 4 is 33.3 Å². The van der Waals surface area contributed by atoms with E-state index in [0.29, 0.717) is 11.8 Å². The summed E-state index contributed by atoms with van der Waals surface area (Å²) in [4.78, 5) is 21.8. The van der Waals surface area contributed by atoms with Crippen LogP contribution in [0.1, 0.15) is 42.5 Å². The maximum atomic E-state index is 13.9. The fourth-order valence-corrected chi connectivity index (χ4v) is 4.57. The second-order valence-electron chi connectivity index (χ2n) is 7.78. The quantitative estimate of drug-likeness (QED) is 0.464. The molecular formula is C22H23F5N2O6S. The van der Waals surface area contributed by atoms with Gasteiger partial charge in [-0.2, -0.15) is 13.2 Å². The van der Waals surface area contributed by atoms with Crippen LogP contribution in [-0.2, 0) is 14.8 Å². The molecule has 1 saturated heterocycles. The summed E-state index contributed by atoms with van der Waals surface area (Å²) < 4.78 is 86.0. The summed E-state index contributed by atoms with van der Waals surface area (Å²) in [7, 11) is -4.43. The lowest BCUT2D eigenvalue weighted by atomic mass is 10.1. The highest BCUT2D eigenvalue weighted by Crippen LogP contribution is 2.28. The number of hydrogen-bond donors (Lipinski definition) is 3. The predicted octanol–water partition coefficient (Wildman–Crippen LogP) is 4.87. The molecule has 0 saturated carbocycles. The van der Waals surface area contributed by atoms with Crippen molar-refractivity contribution < 1.29 is 50.2 Å². The van der Waals surface area contributed by atoms with Crippen molar-refractivity contribution in [3.8, 4) is 0 Å². The van der Waals surface area contributed by atoms with E-state index in [1.807, 2.05) is 4.90 Å². The third-order valence-corrected chi connectivity index (χ3v) is 6.50. The van der Waals surface area contributed by atoms with Crippen molar-refractivity contribution in [1.29, 1.82) is 0 Å². The smallest absolute Gasteiger partial charge is 0.478 e. The molecule has 0 bridgehead atoms. The molecule has 1 heterocycles. The molecule has 1 aliphatic rings. The normalized spacial score (nSPS) is 14.6. The molecule has 0 spiro atoms. The van der Waals surface area contributed by atoms with Crippen molar-refractivity contribution in [3.63, 3.8) is 0 Å². The number of halogens is 5. The maximum absolute atomic E-state index is 13.9. The second-order valence-corrected chi connectivity index (χ2v) is 9.43. The van der Waals surface area contributed by atoms with Gasteiger partial charge in [0.25, 0.3) is 10.0 Å². The van der Waals surface area contributed by atoms with E-state index in [9.17, 15) is 40.3 Å². The van der Waals surface area contributed by atoms with Gasteiger partial charge in [-0.15, -0.1) is 0 Å². The third kappa shape index (κ3) is 8.07. The first kappa shape index (κ1) is 28.8. The summed E-state index contributed by atoms with van der Waals surface area (Å²) >= 11 is 0. The Morgan fingerprint density at radius 2 is 1.44 bits per heavy atom. The molecule has 198 valence electrons. The Hall–Kier alpha value is -3.42. The van der Waals surface area contributed by atoms with Gasteiger partial charge in [-0.25, -0.2) is 26.8 Å². The average molecular weight is 538 g/mol. The average Bonchev–Trinajstić information content (AvgIpc) is 2.75. The first-order valence-electron chi connectivity index (χ1n) is 10.6. The number of nitrogens with zero attached hydrogens (tertiary/aromatic N) is 1. The molecule has 0 atom stereocenters. The van der Waals surface area contributed by atoms with E-state index >= 15 is 0 Å². The molecule has 0 amide bonds. The van der Waals surface area contributed by atoms with Gasteiger partial charge >= 0.3 is 18.1 Å². The van der Waals surface area contributed by atoms with Crippen molar-refractivity contribution in [2.24, 2.45) is 0 Å². The van der Waals surface area contributed by atoms with Crippen molar-refractivity contribution in [2.75, 3.05) is 22.7 Å². The number of aliphatic carboxylic acids is 1. The lowest BCUT2D eigenvalue weighted by Crippen LogP contribution is -2.28. The number of rotatable bonds is 5. The van der Waals surface area contributed by atoms with Gasteiger partial charge in [-0.3, -0.25) is 4.72 Å². The Kier molecular flexibility index (Phi) is 9.62. The van der Waals surface area contributed by atoms with Gasteiger partial charge in [0.1, 0.15) is 16.5 Å².